The monoisotopic (exact) mass is 199 g/mol. The fourth-order valence-corrected chi connectivity index (χ4v) is 1.05. The van der Waals surface area contributed by atoms with Gasteiger partial charge in [-0.15, -0.1) is 0 Å². The Morgan fingerprint density at radius 2 is 2.46 bits per heavy atom. The summed E-state index contributed by atoms with van der Waals surface area (Å²) in [5, 5.41) is 3.44. The Hall–Kier alpha value is -1.13. The highest BCUT2D eigenvalue weighted by atomic mass is 35.5. The van der Waals surface area contributed by atoms with Crippen LogP contribution in [-0.4, -0.2) is 17.4 Å². The van der Waals surface area contributed by atoms with Gasteiger partial charge in [0.05, 0.1) is 11.6 Å². The molecule has 1 heterocycles. The molecule has 5 heteroatoms. The van der Waals surface area contributed by atoms with Crippen molar-refractivity contribution in [1.29, 1.82) is 0 Å². The van der Waals surface area contributed by atoms with Crippen molar-refractivity contribution in [3.8, 4) is 0 Å². The van der Waals surface area contributed by atoms with Crippen LogP contribution in [-0.2, 0) is 11.3 Å². The van der Waals surface area contributed by atoms with Gasteiger partial charge in [0.2, 0.25) is 5.91 Å². The van der Waals surface area contributed by atoms with Crippen LogP contribution in [0.2, 0.25) is 5.02 Å². The molecule has 13 heavy (non-hydrogen) atoms. The van der Waals surface area contributed by atoms with Crippen LogP contribution in [0.15, 0.2) is 18.5 Å². The molecule has 0 aliphatic carbocycles. The van der Waals surface area contributed by atoms with Crippen LogP contribution in [0.25, 0.3) is 0 Å². The highest BCUT2D eigenvalue weighted by Crippen LogP contribution is 2.12. The van der Waals surface area contributed by atoms with Crippen molar-refractivity contribution < 1.29 is 4.79 Å². The van der Waals surface area contributed by atoms with Crippen molar-refractivity contribution in [2.24, 2.45) is 5.73 Å². The van der Waals surface area contributed by atoms with E-state index in [9.17, 15) is 4.79 Å². The second-order valence-electron chi connectivity index (χ2n) is 2.54. The molecule has 0 bridgehead atoms. The van der Waals surface area contributed by atoms with Gasteiger partial charge in [0.15, 0.2) is 0 Å². The largest absolute Gasteiger partial charge is 0.369 e. The van der Waals surface area contributed by atoms with Crippen LogP contribution in [0.1, 0.15) is 5.56 Å². The number of nitrogens with zero attached hydrogens (tertiary/aromatic N) is 1. The first kappa shape index (κ1) is 9.95. The van der Waals surface area contributed by atoms with E-state index in [-0.39, 0.29) is 12.5 Å². The van der Waals surface area contributed by atoms with E-state index < -0.39 is 0 Å². The van der Waals surface area contributed by atoms with E-state index in [1.54, 1.807) is 18.5 Å². The van der Waals surface area contributed by atoms with E-state index in [4.69, 9.17) is 17.3 Å². The van der Waals surface area contributed by atoms with Crippen LogP contribution in [0.5, 0.6) is 0 Å². The van der Waals surface area contributed by atoms with Gasteiger partial charge in [0.1, 0.15) is 0 Å². The lowest BCUT2D eigenvalue weighted by molar-refractivity contribution is -0.117. The van der Waals surface area contributed by atoms with Crippen molar-refractivity contribution in [3.05, 3.63) is 29.0 Å². The number of rotatable bonds is 4. The summed E-state index contributed by atoms with van der Waals surface area (Å²) in [5.41, 5.74) is 5.85. The number of nitrogens with one attached hydrogen (secondary N) is 1. The first-order valence-corrected chi connectivity index (χ1v) is 4.15. The Kier molecular flexibility index (Phi) is 3.67. The summed E-state index contributed by atoms with van der Waals surface area (Å²) in [5.74, 6) is -0.384. The number of amides is 1. The quantitative estimate of drug-likeness (QED) is 0.734. The minimum Gasteiger partial charge on any atom is -0.369 e. The third-order valence-electron chi connectivity index (χ3n) is 1.47. The number of halogens is 1. The van der Waals surface area contributed by atoms with Gasteiger partial charge in [-0.2, -0.15) is 0 Å². The Bertz CT molecular complexity index is 303. The molecule has 0 atom stereocenters. The van der Waals surface area contributed by atoms with Crippen LogP contribution >= 0.6 is 11.6 Å². The molecule has 0 aromatic carbocycles. The number of aromatic nitrogens is 1. The molecule has 0 radical (unpaired) electrons. The molecule has 0 saturated carbocycles. The summed E-state index contributed by atoms with van der Waals surface area (Å²) in [7, 11) is 0. The second kappa shape index (κ2) is 4.79. The zero-order chi connectivity index (χ0) is 9.68. The minimum atomic E-state index is -0.384. The van der Waals surface area contributed by atoms with Gasteiger partial charge < -0.3 is 11.1 Å². The van der Waals surface area contributed by atoms with Gasteiger partial charge in [0, 0.05) is 18.9 Å². The number of pyridine rings is 1. The maximum absolute atomic E-state index is 10.4. The molecule has 1 amide bonds. The number of carbonyl (C=O) groups is 1. The average molecular weight is 200 g/mol. The van der Waals surface area contributed by atoms with Gasteiger partial charge in [-0.3, -0.25) is 9.78 Å². The van der Waals surface area contributed by atoms with Crippen LogP contribution in [0.4, 0.5) is 0 Å². The normalized spacial score (nSPS) is 9.92. The number of nitrogens with two attached hydrogens (primary N) is 1. The highest BCUT2D eigenvalue weighted by Gasteiger charge is 1.99. The molecule has 1 aromatic heterocycles. The molecule has 0 aliphatic heterocycles. The van der Waals surface area contributed by atoms with Crippen LogP contribution < -0.4 is 11.1 Å². The fourth-order valence-electron chi connectivity index (χ4n) is 0.868. The van der Waals surface area contributed by atoms with E-state index in [2.05, 4.69) is 10.3 Å². The van der Waals surface area contributed by atoms with Crippen molar-refractivity contribution in [2.45, 2.75) is 6.54 Å². The van der Waals surface area contributed by atoms with Crippen molar-refractivity contribution in [3.63, 3.8) is 0 Å². The molecule has 0 saturated heterocycles. The predicted octanol–water partition coefficient (Wildman–Crippen LogP) is 0.310. The zero-order valence-electron chi connectivity index (χ0n) is 6.96. The molecular weight excluding hydrogens is 190 g/mol. The lowest BCUT2D eigenvalue weighted by Crippen LogP contribution is -2.28. The molecule has 0 aliphatic rings. The molecular formula is C8H10ClN3O. The standard InChI is InChI=1S/C8H10ClN3O/c9-7-4-11-2-1-6(7)3-12-5-8(10)13/h1-2,4,12H,3,5H2,(H2,10,13). The zero-order valence-corrected chi connectivity index (χ0v) is 7.71. The lowest BCUT2D eigenvalue weighted by atomic mass is 10.2. The van der Waals surface area contributed by atoms with Crippen molar-refractivity contribution in [2.75, 3.05) is 6.54 Å². The van der Waals surface area contributed by atoms with Crippen molar-refractivity contribution >= 4 is 17.5 Å². The van der Waals surface area contributed by atoms with E-state index >= 15 is 0 Å². The van der Waals surface area contributed by atoms with Gasteiger partial charge >= 0.3 is 0 Å². The van der Waals surface area contributed by atoms with Gasteiger partial charge in [0.25, 0.3) is 0 Å². The topological polar surface area (TPSA) is 68.0 Å². The summed E-state index contributed by atoms with van der Waals surface area (Å²) in [4.78, 5) is 14.2. The maximum atomic E-state index is 10.4. The third kappa shape index (κ3) is 3.40. The first-order chi connectivity index (χ1) is 6.20. The van der Waals surface area contributed by atoms with Crippen molar-refractivity contribution in [1.82, 2.24) is 10.3 Å². The molecule has 4 nitrogen and oxygen atoms in total. The molecule has 0 spiro atoms. The van der Waals surface area contributed by atoms with Crippen LogP contribution in [0, 0.1) is 0 Å². The second-order valence-corrected chi connectivity index (χ2v) is 2.94. The van der Waals surface area contributed by atoms with Gasteiger partial charge in [-0.1, -0.05) is 11.6 Å². The Balaban J connectivity index is 2.45. The molecule has 0 fully saturated rings. The number of carbonyl (C=O) groups excluding carboxylic acids is 1. The third-order valence-corrected chi connectivity index (χ3v) is 1.81. The van der Waals surface area contributed by atoms with Crippen LogP contribution in [0.3, 0.4) is 0 Å². The molecule has 1 rings (SSSR count). The first-order valence-electron chi connectivity index (χ1n) is 3.77. The predicted molar refractivity (Wildman–Crippen MR) is 50.1 cm³/mol. The van der Waals surface area contributed by atoms with Gasteiger partial charge in [-0.05, 0) is 11.6 Å². The molecule has 1 aromatic rings. The van der Waals surface area contributed by atoms with E-state index in [0.717, 1.165) is 5.56 Å². The SMILES string of the molecule is NC(=O)CNCc1ccncc1Cl. The highest BCUT2D eigenvalue weighted by molar-refractivity contribution is 6.31. The number of hydrogen-bond acceptors (Lipinski definition) is 3. The smallest absolute Gasteiger partial charge is 0.231 e. The molecule has 3 N–H and O–H groups in total. The fraction of sp³-hybridized carbons (Fsp3) is 0.250. The Morgan fingerprint density at radius 3 is 3.08 bits per heavy atom. The Labute approximate surface area is 81.1 Å². The lowest BCUT2D eigenvalue weighted by Gasteiger charge is -2.03. The number of primary amides is 1. The van der Waals surface area contributed by atoms with Gasteiger partial charge in [-0.25, -0.2) is 0 Å². The summed E-state index contributed by atoms with van der Waals surface area (Å²) < 4.78 is 0. The number of hydrogen-bond donors (Lipinski definition) is 2. The molecule has 0 unspecified atom stereocenters. The minimum absolute atomic E-state index is 0.151. The summed E-state index contributed by atoms with van der Waals surface area (Å²) in [6, 6.07) is 1.79. The maximum Gasteiger partial charge on any atom is 0.231 e. The summed E-state index contributed by atoms with van der Waals surface area (Å²) in [6.07, 6.45) is 3.20. The van der Waals surface area contributed by atoms with E-state index in [1.165, 1.54) is 0 Å². The molecule has 70 valence electrons. The Morgan fingerprint density at radius 1 is 1.69 bits per heavy atom. The average Bonchev–Trinajstić information content (AvgIpc) is 2.08. The summed E-state index contributed by atoms with van der Waals surface area (Å²) >= 11 is 5.82. The van der Waals surface area contributed by atoms with E-state index in [1.807, 2.05) is 0 Å². The van der Waals surface area contributed by atoms with E-state index in [0.29, 0.717) is 11.6 Å². The summed E-state index contributed by atoms with van der Waals surface area (Å²) in [6.45, 7) is 0.670.